The zero-order chi connectivity index (χ0) is 43.6. The predicted octanol–water partition coefficient (Wildman–Crippen LogP) is 16.7. The predicted molar refractivity (Wildman–Crippen MR) is 268 cm³/mol. The highest BCUT2D eigenvalue weighted by Gasteiger charge is 2.25. The van der Waals surface area contributed by atoms with E-state index in [2.05, 4.69) is 105 Å². The number of hydrogen-bond donors (Lipinski definition) is 0. The first-order valence-corrected chi connectivity index (χ1v) is 26.6. The zero-order valence-electron chi connectivity index (χ0n) is 42.1. The molecule has 0 amide bonds. The quantitative estimate of drug-likeness (QED) is 0.0462. The first-order valence-electron chi connectivity index (χ1n) is 26.6. The van der Waals surface area contributed by atoms with E-state index in [4.69, 9.17) is 0 Å². The maximum atomic E-state index is 2.57. The minimum Gasteiger partial charge on any atom is -0.325 e. The highest BCUT2D eigenvalue weighted by Crippen LogP contribution is 2.24. The van der Waals surface area contributed by atoms with Crippen LogP contribution in [0.1, 0.15) is 236 Å². The summed E-state index contributed by atoms with van der Waals surface area (Å²) in [6, 6.07) is 19.5. The van der Waals surface area contributed by atoms with Crippen molar-refractivity contribution in [3.63, 3.8) is 0 Å². The Labute approximate surface area is 377 Å². The molecule has 0 atom stereocenters. The van der Waals surface area contributed by atoms with E-state index < -0.39 is 0 Å². The number of benzene rings is 2. The monoisotopic (exact) mass is 833 g/mol. The van der Waals surface area contributed by atoms with Gasteiger partial charge in [-0.1, -0.05) is 211 Å². The molecule has 2 aromatic rings. The van der Waals surface area contributed by atoms with E-state index in [1.807, 2.05) is 0 Å². The Kier molecular flexibility index (Phi) is 30.7. The molecule has 0 heterocycles. The molecule has 0 radical (unpaired) electrons. The number of hydrogen-bond acceptors (Lipinski definition) is 0. The van der Waals surface area contributed by atoms with Gasteiger partial charge in [0.1, 0.15) is 26.2 Å². The molecule has 0 saturated carbocycles. The molecule has 0 N–H and O–H groups in total. The molecule has 0 aliphatic carbocycles. The van der Waals surface area contributed by atoms with Crippen LogP contribution in [0.25, 0.3) is 0 Å². The Morgan fingerprint density at radius 2 is 0.517 bits per heavy atom. The Morgan fingerprint density at radius 1 is 0.283 bits per heavy atom. The van der Waals surface area contributed by atoms with Gasteiger partial charge in [-0.25, -0.2) is 0 Å². The van der Waals surface area contributed by atoms with Crippen LogP contribution in [-0.2, 0) is 26.2 Å². The van der Waals surface area contributed by atoms with Gasteiger partial charge in [-0.05, 0) is 50.7 Å². The van der Waals surface area contributed by atoms with E-state index in [9.17, 15) is 0 Å². The third-order valence-corrected chi connectivity index (χ3v) is 13.6. The second-order valence-electron chi connectivity index (χ2n) is 21.5. The summed E-state index contributed by atoms with van der Waals surface area (Å²) < 4.78 is 3.27. The van der Waals surface area contributed by atoms with Crippen LogP contribution in [0, 0.1) is 0 Å². The molecule has 0 aliphatic heterocycles. The lowest BCUT2D eigenvalue weighted by Crippen LogP contribution is -2.43. The van der Waals surface area contributed by atoms with Crippen LogP contribution < -0.4 is 0 Å². The van der Waals surface area contributed by atoms with Gasteiger partial charge in [-0.15, -0.1) is 0 Å². The lowest BCUT2D eigenvalue weighted by Gasteiger charge is -2.36. The normalized spacial score (nSPS) is 12.5. The van der Waals surface area contributed by atoms with E-state index in [-0.39, 0.29) is 0 Å². The van der Waals surface area contributed by atoms with Gasteiger partial charge < -0.3 is 13.4 Å². The number of unbranched alkanes of at least 4 members (excludes halogenated alkanes) is 27. The van der Waals surface area contributed by atoms with Gasteiger partial charge in [0, 0.05) is 22.3 Å². The largest absolute Gasteiger partial charge is 0.325 e. The highest BCUT2D eigenvalue weighted by atomic mass is 15.3. The maximum absolute atomic E-state index is 2.57. The molecule has 3 heteroatoms. The maximum Gasteiger partial charge on any atom is 0.104 e. The molecule has 0 saturated heterocycles. The molecule has 0 fully saturated rings. The van der Waals surface area contributed by atoms with E-state index in [0.29, 0.717) is 0 Å². The Bertz CT molecular complexity index is 1200. The Hall–Kier alpha value is -1.68. The number of rotatable bonds is 41. The van der Waals surface area contributed by atoms with E-state index in [0.717, 1.165) is 39.6 Å². The van der Waals surface area contributed by atoms with Crippen molar-refractivity contribution in [2.75, 3.05) is 54.9 Å². The topological polar surface area (TPSA) is 0 Å². The van der Waals surface area contributed by atoms with Crippen LogP contribution >= 0.6 is 0 Å². The summed E-state index contributed by atoms with van der Waals surface area (Å²) in [4.78, 5) is 0. The van der Waals surface area contributed by atoms with Crippen molar-refractivity contribution in [2.24, 2.45) is 0 Å². The minimum absolute atomic E-state index is 1.09. The van der Waals surface area contributed by atoms with Gasteiger partial charge in [-0.2, -0.15) is 0 Å². The molecule has 346 valence electrons. The van der Waals surface area contributed by atoms with Crippen LogP contribution in [0.5, 0.6) is 0 Å². The lowest BCUT2D eigenvalue weighted by molar-refractivity contribution is -0.935. The third-order valence-electron chi connectivity index (χ3n) is 13.6. The fraction of sp³-hybridized carbons (Fsp3) is 0.789. The highest BCUT2D eigenvalue weighted by molar-refractivity contribution is 5.24. The second kappa shape index (κ2) is 33.8. The zero-order valence-corrected chi connectivity index (χ0v) is 42.1. The van der Waals surface area contributed by atoms with Crippen molar-refractivity contribution in [3.8, 4) is 0 Å². The molecule has 2 rings (SSSR count). The summed E-state index contributed by atoms with van der Waals surface area (Å²) >= 11 is 0. The van der Waals surface area contributed by atoms with Crippen molar-refractivity contribution in [3.05, 3.63) is 70.8 Å². The summed E-state index contributed by atoms with van der Waals surface area (Å²) in [7, 11) is 12.4. The van der Waals surface area contributed by atoms with E-state index in [1.54, 1.807) is 0 Å². The molecular formula is C57H106N3+3. The van der Waals surface area contributed by atoms with Crippen molar-refractivity contribution < 1.29 is 13.4 Å². The van der Waals surface area contributed by atoms with Crippen LogP contribution in [0.2, 0.25) is 0 Å². The average Bonchev–Trinajstić information content (AvgIpc) is 3.20. The van der Waals surface area contributed by atoms with Crippen molar-refractivity contribution >= 4 is 0 Å². The molecule has 3 nitrogen and oxygen atoms in total. The molecule has 2 aromatic carbocycles. The second-order valence-corrected chi connectivity index (χ2v) is 21.5. The summed E-state index contributed by atoms with van der Waals surface area (Å²) in [6.07, 6.45) is 42.2. The fourth-order valence-electron chi connectivity index (χ4n) is 9.93. The third kappa shape index (κ3) is 28.8. The average molecular weight is 833 g/mol. The fourth-order valence-corrected chi connectivity index (χ4v) is 9.93. The molecular weight excluding hydrogens is 727 g/mol. The molecule has 0 unspecified atom stereocenters. The van der Waals surface area contributed by atoms with Crippen LogP contribution in [-0.4, -0.2) is 68.3 Å². The van der Waals surface area contributed by atoms with Crippen molar-refractivity contribution in [2.45, 2.75) is 240 Å². The summed E-state index contributed by atoms with van der Waals surface area (Å²) in [5.74, 6) is 0. The molecule has 0 bridgehead atoms. The first-order chi connectivity index (χ1) is 29.0. The standard InChI is InChI=1S/C57H106N3/c1-9-12-15-18-21-24-27-30-33-36-45-58(4,5)50-54-41-39-43-56(48-54)52-60(8,47-38-35-32-29-26-23-20-17-14-11-3)53-57-44-40-42-55(49-57)51-59(6,7)46-37-34-31-28-25-22-19-16-13-10-2/h39-44,48-49H,9-38,45-47,50-53H2,1-8H3/q+3. The van der Waals surface area contributed by atoms with Gasteiger partial charge in [0.2, 0.25) is 0 Å². The molecule has 0 spiro atoms. The van der Waals surface area contributed by atoms with Gasteiger partial charge in [0.25, 0.3) is 0 Å². The minimum atomic E-state index is 1.09. The Morgan fingerprint density at radius 3 is 0.800 bits per heavy atom. The summed E-state index contributed by atoms with van der Waals surface area (Å²) in [5, 5.41) is 0. The van der Waals surface area contributed by atoms with Crippen LogP contribution in [0.4, 0.5) is 0 Å². The SMILES string of the molecule is CCCCCCCCCCCC[N+](C)(C)Cc1cccc(C[N+](C)(CCCCCCCCCCCC)Cc2cccc(C[N+](C)(C)CCCCCCCCCCCC)c2)c1. The van der Waals surface area contributed by atoms with Crippen molar-refractivity contribution in [1.82, 2.24) is 0 Å². The number of nitrogens with zero attached hydrogens (tertiary/aromatic N) is 3. The smallest absolute Gasteiger partial charge is 0.104 e. The molecule has 60 heavy (non-hydrogen) atoms. The first kappa shape index (κ1) is 54.5. The van der Waals surface area contributed by atoms with Gasteiger partial charge in [-0.3, -0.25) is 0 Å². The van der Waals surface area contributed by atoms with E-state index >= 15 is 0 Å². The molecule has 0 aliphatic rings. The van der Waals surface area contributed by atoms with Gasteiger partial charge in [0.15, 0.2) is 0 Å². The lowest BCUT2D eigenvalue weighted by atomic mass is 10.0. The van der Waals surface area contributed by atoms with Gasteiger partial charge in [0.05, 0.1) is 54.9 Å². The van der Waals surface area contributed by atoms with Gasteiger partial charge >= 0.3 is 0 Å². The summed E-state index contributed by atoms with van der Waals surface area (Å²) in [5.41, 5.74) is 6.07. The molecule has 0 aromatic heterocycles. The Balaban J connectivity index is 1.98. The summed E-state index contributed by atoms with van der Waals surface area (Å²) in [6.45, 7) is 15.2. The van der Waals surface area contributed by atoms with E-state index in [1.165, 1.54) is 235 Å². The van der Waals surface area contributed by atoms with Crippen LogP contribution in [0.15, 0.2) is 48.5 Å². The van der Waals surface area contributed by atoms with Crippen molar-refractivity contribution in [1.29, 1.82) is 0 Å². The number of quaternary nitrogens is 3. The van der Waals surface area contributed by atoms with Crippen LogP contribution in [0.3, 0.4) is 0 Å².